The highest BCUT2D eigenvalue weighted by molar-refractivity contribution is 5.89. The number of aryl methyl sites for hydroxylation is 1. The molecule has 0 saturated carbocycles. The summed E-state index contributed by atoms with van der Waals surface area (Å²) in [6.45, 7) is 8.37. The van der Waals surface area contributed by atoms with Crippen molar-refractivity contribution in [2.24, 2.45) is 10.7 Å². The molecule has 0 bridgehead atoms. The minimum absolute atomic E-state index is 0.154. The van der Waals surface area contributed by atoms with E-state index >= 15 is 0 Å². The molecule has 0 aliphatic heterocycles. The fourth-order valence-corrected chi connectivity index (χ4v) is 2.66. The molecule has 1 aromatic heterocycles. The van der Waals surface area contributed by atoms with Crippen LogP contribution in [-0.2, 0) is 13.0 Å². The first kappa shape index (κ1) is 20.6. The zero-order valence-electron chi connectivity index (χ0n) is 16.4. The fraction of sp³-hybridized carbons (Fsp3) is 0.429. The van der Waals surface area contributed by atoms with Gasteiger partial charge in [0, 0.05) is 13.1 Å². The van der Waals surface area contributed by atoms with Crippen LogP contribution in [-0.4, -0.2) is 25.0 Å². The van der Waals surface area contributed by atoms with Gasteiger partial charge in [0.25, 0.3) is 5.91 Å². The lowest BCUT2D eigenvalue weighted by Crippen LogP contribution is -2.37. The van der Waals surface area contributed by atoms with Crippen LogP contribution in [0.5, 0.6) is 0 Å². The van der Waals surface area contributed by atoms with E-state index in [0.717, 1.165) is 31.9 Å². The maximum atomic E-state index is 11.1. The molecule has 0 unspecified atom stereocenters. The highest BCUT2D eigenvalue weighted by atomic mass is 16.3. The van der Waals surface area contributed by atoms with Crippen molar-refractivity contribution in [2.45, 2.75) is 46.1 Å². The van der Waals surface area contributed by atoms with Gasteiger partial charge in [-0.2, -0.15) is 0 Å². The number of benzene rings is 1. The van der Waals surface area contributed by atoms with Gasteiger partial charge in [0.2, 0.25) is 0 Å². The molecule has 0 saturated heterocycles. The summed E-state index contributed by atoms with van der Waals surface area (Å²) in [5.74, 6) is 1.47. The van der Waals surface area contributed by atoms with Gasteiger partial charge in [0.05, 0.1) is 0 Å². The van der Waals surface area contributed by atoms with Crippen LogP contribution in [0.25, 0.3) is 0 Å². The molecule has 1 amide bonds. The molecule has 0 aliphatic carbocycles. The summed E-state index contributed by atoms with van der Waals surface area (Å²) < 4.78 is 5.35. The van der Waals surface area contributed by atoms with E-state index in [1.54, 1.807) is 12.1 Å². The van der Waals surface area contributed by atoms with E-state index in [2.05, 4.69) is 53.7 Å². The highest BCUT2D eigenvalue weighted by Crippen LogP contribution is 2.15. The summed E-state index contributed by atoms with van der Waals surface area (Å²) in [6, 6.07) is 12.1. The topological polar surface area (TPSA) is 92.6 Å². The smallest absolute Gasteiger partial charge is 0.284 e. The predicted molar refractivity (Wildman–Crippen MR) is 109 cm³/mol. The molecule has 6 nitrogen and oxygen atoms in total. The number of nitrogens with zero attached hydrogens (tertiary/aromatic N) is 1. The minimum atomic E-state index is -0.573. The standard InChI is InChI=1S/C21H30N4O2/c1-4-23-21(25-14-18-11-12-19(27-18)20(22)26)24-13-5-6-16-7-9-17(10-8-16)15(2)3/h7-12,15H,4-6,13-14H2,1-3H3,(H2,22,26)(H2,23,24,25). The second-order valence-corrected chi connectivity index (χ2v) is 6.75. The third kappa shape index (κ3) is 6.81. The molecule has 146 valence electrons. The van der Waals surface area contributed by atoms with Crippen LogP contribution in [0, 0.1) is 0 Å². The Morgan fingerprint density at radius 3 is 2.48 bits per heavy atom. The number of nitrogens with one attached hydrogen (secondary N) is 2. The summed E-state index contributed by atoms with van der Waals surface area (Å²) in [7, 11) is 0. The van der Waals surface area contributed by atoms with Crippen molar-refractivity contribution in [1.82, 2.24) is 10.6 Å². The van der Waals surface area contributed by atoms with Gasteiger partial charge in [-0.15, -0.1) is 0 Å². The van der Waals surface area contributed by atoms with Crippen LogP contribution in [0.4, 0.5) is 0 Å². The van der Waals surface area contributed by atoms with Crippen molar-refractivity contribution in [3.63, 3.8) is 0 Å². The van der Waals surface area contributed by atoms with Crippen LogP contribution in [0.2, 0.25) is 0 Å². The molecular weight excluding hydrogens is 340 g/mol. The van der Waals surface area contributed by atoms with Crippen molar-refractivity contribution in [1.29, 1.82) is 0 Å². The molecule has 0 fully saturated rings. The van der Waals surface area contributed by atoms with Crippen LogP contribution >= 0.6 is 0 Å². The lowest BCUT2D eigenvalue weighted by molar-refractivity contribution is 0.0972. The van der Waals surface area contributed by atoms with Gasteiger partial charge in [-0.05, 0) is 48.9 Å². The quantitative estimate of drug-likeness (QED) is 0.359. The summed E-state index contributed by atoms with van der Waals surface area (Å²) in [4.78, 5) is 15.5. The molecule has 2 aromatic rings. The Kier molecular flexibility index (Phi) is 7.92. The second-order valence-electron chi connectivity index (χ2n) is 6.75. The maximum absolute atomic E-state index is 11.1. The molecule has 0 spiro atoms. The largest absolute Gasteiger partial charge is 0.454 e. The number of guanidine groups is 1. The van der Waals surface area contributed by atoms with Gasteiger partial charge < -0.3 is 20.8 Å². The van der Waals surface area contributed by atoms with Crippen LogP contribution in [0.15, 0.2) is 45.8 Å². The first-order valence-electron chi connectivity index (χ1n) is 9.49. The average Bonchev–Trinajstić information content (AvgIpc) is 3.13. The number of rotatable bonds is 9. The van der Waals surface area contributed by atoms with Gasteiger partial charge in [-0.1, -0.05) is 38.1 Å². The molecule has 0 atom stereocenters. The van der Waals surface area contributed by atoms with Crippen molar-refractivity contribution in [3.05, 3.63) is 59.0 Å². The SMILES string of the molecule is CCNC(=NCc1ccc(C(N)=O)o1)NCCCc1ccc(C(C)C)cc1. The first-order valence-corrected chi connectivity index (χ1v) is 9.49. The Morgan fingerprint density at radius 1 is 1.15 bits per heavy atom. The monoisotopic (exact) mass is 370 g/mol. The van der Waals surface area contributed by atoms with E-state index in [0.29, 0.717) is 18.2 Å². The molecule has 2 rings (SSSR count). The van der Waals surface area contributed by atoms with Crippen molar-refractivity contribution >= 4 is 11.9 Å². The first-order chi connectivity index (χ1) is 13.0. The lowest BCUT2D eigenvalue weighted by atomic mass is 10.0. The van der Waals surface area contributed by atoms with Gasteiger partial charge in [0.15, 0.2) is 11.7 Å². The molecule has 0 radical (unpaired) electrons. The van der Waals surface area contributed by atoms with Crippen molar-refractivity contribution in [3.8, 4) is 0 Å². The van der Waals surface area contributed by atoms with E-state index in [-0.39, 0.29) is 5.76 Å². The fourth-order valence-electron chi connectivity index (χ4n) is 2.66. The average molecular weight is 370 g/mol. The van der Waals surface area contributed by atoms with Gasteiger partial charge >= 0.3 is 0 Å². The Bertz CT molecular complexity index is 748. The molecule has 6 heteroatoms. The van der Waals surface area contributed by atoms with Crippen LogP contribution in [0.3, 0.4) is 0 Å². The third-order valence-corrected chi connectivity index (χ3v) is 4.22. The number of carbonyl (C=O) groups excluding carboxylic acids is 1. The zero-order chi connectivity index (χ0) is 19.6. The number of amides is 1. The Hall–Kier alpha value is -2.76. The normalized spacial score (nSPS) is 11.6. The maximum Gasteiger partial charge on any atom is 0.284 e. The molecule has 1 heterocycles. The Labute approximate surface area is 161 Å². The molecule has 0 aliphatic rings. The van der Waals surface area contributed by atoms with Crippen LogP contribution < -0.4 is 16.4 Å². The third-order valence-electron chi connectivity index (χ3n) is 4.22. The predicted octanol–water partition coefficient (Wildman–Crippen LogP) is 3.19. The lowest BCUT2D eigenvalue weighted by Gasteiger charge is -2.11. The number of hydrogen-bond donors (Lipinski definition) is 3. The number of carbonyl (C=O) groups is 1. The van der Waals surface area contributed by atoms with Gasteiger partial charge in [-0.25, -0.2) is 4.99 Å². The van der Waals surface area contributed by atoms with Crippen molar-refractivity contribution in [2.75, 3.05) is 13.1 Å². The van der Waals surface area contributed by atoms with E-state index in [1.807, 2.05) is 6.92 Å². The number of furan rings is 1. The molecule has 27 heavy (non-hydrogen) atoms. The van der Waals surface area contributed by atoms with Gasteiger partial charge in [0.1, 0.15) is 12.3 Å². The van der Waals surface area contributed by atoms with E-state index in [1.165, 1.54) is 11.1 Å². The Morgan fingerprint density at radius 2 is 1.89 bits per heavy atom. The van der Waals surface area contributed by atoms with E-state index in [9.17, 15) is 4.79 Å². The van der Waals surface area contributed by atoms with E-state index < -0.39 is 5.91 Å². The Balaban J connectivity index is 1.80. The minimum Gasteiger partial charge on any atom is -0.454 e. The van der Waals surface area contributed by atoms with E-state index in [4.69, 9.17) is 10.2 Å². The molecular formula is C21H30N4O2. The van der Waals surface area contributed by atoms with Gasteiger partial charge in [-0.3, -0.25) is 4.79 Å². The zero-order valence-corrected chi connectivity index (χ0v) is 16.4. The summed E-state index contributed by atoms with van der Waals surface area (Å²) >= 11 is 0. The highest BCUT2D eigenvalue weighted by Gasteiger charge is 2.07. The number of primary amides is 1. The van der Waals surface area contributed by atoms with Crippen LogP contribution in [0.1, 0.15) is 60.6 Å². The summed E-state index contributed by atoms with van der Waals surface area (Å²) in [5.41, 5.74) is 7.91. The molecule has 4 N–H and O–H groups in total. The number of nitrogens with two attached hydrogens (primary N) is 1. The second kappa shape index (κ2) is 10.4. The number of hydrogen-bond acceptors (Lipinski definition) is 3. The number of aliphatic imine (C=N–C) groups is 1. The molecule has 1 aromatic carbocycles. The van der Waals surface area contributed by atoms with Crippen molar-refractivity contribution < 1.29 is 9.21 Å². The summed E-state index contributed by atoms with van der Waals surface area (Å²) in [6.07, 6.45) is 2.03. The summed E-state index contributed by atoms with van der Waals surface area (Å²) in [5, 5.41) is 6.53.